The van der Waals surface area contributed by atoms with Gasteiger partial charge in [-0.25, -0.2) is 0 Å². The molecular formula is C10H18O2. The predicted molar refractivity (Wildman–Crippen MR) is 47.7 cm³/mol. The number of Topliss-reactive ketones (excluding diaryl/α,β-unsaturated/α-hetero) is 1. The minimum atomic E-state index is -0.700. The summed E-state index contributed by atoms with van der Waals surface area (Å²) in [5.41, 5.74) is 0. The smallest absolute Gasteiger partial charge is 0.164 e. The average Bonchev–Trinajstić information content (AvgIpc) is 2.00. The Balaban J connectivity index is 2.65. The Morgan fingerprint density at radius 2 is 2.00 bits per heavy atom. The summed E-state index contributed by atoms with van der Waals surface area (Å²) in [4.78, 5) is 11.4. The van der Waals surface area contributed by atoms with E-state index in [1.54, 1.807) is 0 Å². The van der Waals surface area contributed by atoms with Crippen LogP contribution >= 0.6 is 0 Å². The molecule has 0 aliphatic heterocycles. The Labute approximate surface area is 74.0 Å². The minimum Gasteiger partial charge on any atom is -0.385 e. The van der Waals surface area contributed by atoms with Crippen LogP contribution in [0.2, 0.25) is 0 Å². The third kappa shape index (κ3) is 1.69. The van der Waals surface area contributed by atoms with Gasteiger partial charge in [0.2, 0.25) is 0 Å². The molecule has 0 aromatic carbocycles. The number of rotatable bonds is 1. The lowest BCUT2D eigenvalue weighted by Crippen LogP contribution is -2.40. The van der Waals surface area contributed by atoms with Crippen molar-refractivity contribution in [3.63, 3.8) is 0 Å². The minimum absolute atomic E-state index is 0.0416. The van der Waals surface area contributed by atoms with Crippen molar-refractivity contribution in [2.75, 3.05) is 0 Å². The van der Waals surface area contributed by atoms with Gasteiger partial charge in [0.1, 0.15) is 6.10 Å². The first-order chi connectivity index (χ1) is 5.54. The Kier molecular flexibility index (Phi) is 2.89. The van der Waals surface area contributed by atoms with Gasteiger partial charge < -0.3 is 5.11 Å². The van der Waals surface area contributed by atoms with E-state index in [4.69, 9.17) is 0 Å². The van der Waals surface area contributed by atoms with Crippen LogP contribution in [-0.4, -0.2) is 17.0 Å². The zero-order chi connectivity index (χ0) is 9.30. The fourth-order valence-corrected chi connectivity index (χ4v) is 1.94. The molecule has 2 nitrogen and oxygen atoms in total. The second-order valence-electron chi connectivity index (χ2n) is 4.23. The van der Waals surface area contributed by atoms with Crippen LogP contribution in [0.25, 0.3) is 0 Å². The number of carbonyl (C=O) groups is 1. The fourth-order valence-electron chi connectivity index (χ4n) is 1.94. The Morgan fingerprint density at radius 3 is 2.50 bits per heavy atom. The van der Waals surface area contributed by atoms with Gasteiger partial charge in [-0.2, -0.15) is 0 Å². The standard InChI is InChI=1S/C10H18O2/c1-6(2)8-5-4-7(3)9(11)10(8)12/h6-8,10,12H,4-5H2,1-3H3/t7-,8?,10+/m0/s1. The van der Waals surface area contributed by atoms with E-state index in [0.717, 1.165) is 12.8 Å². The van der Waals surface area contributed by atoms with Crippen LogP contribution in [0.5, 0.6) is 0 Å². The molecule has 2 heteroatoms. The number of ketones is 1. The lowest BCUT2D eigenvalue weighted by Gasteiger charge is -2.32. The number of aliphatic hydroxyl groups excluding tert-OH is 1. The van der Waals surface area contributed by atoms with Crippen LogP contribution in [0.3, 0.4) is 0 Å². The molecule has 1 fully saturated rings. The van der Waals surface area contributed by atoms with Gasteiger partial charge in [-0.05, 0) is 24.7 Å². The molecule has 1 aliphatic carbocycles. The SMILES string of the molecule is CC(C)C1CC[C@H](C)C(=O)[C@@H]1O. The first kappa shape index (κ1) is 9.72. The maximum Gasteiger partial charge on any atom is 0.164 e. The molecule has 70 valence electrons. The molecule has 0 spiro atoms. The van der Waals surface area contributed by atoms with Crippen LogP contribution in [0.15, 0.2) is 0 Å². The molecule has 0 radical (unpaired) electrons. The van der Waals surface area contributed by atoms with Gasteiger partial charge in [-0.3, -0.25) is 4.79 Å². The van der Waals surface area contributed by atoms with Crippen molar-refractivity contribution in [3.8, 4) is 0 Å². The van der Waals surface area contributed by atoms with Gasteiger partial charge in [0, 0.05) is 5.92 Å². The van der Waals surface area contributed by atoms with Gasteiger partial charge in [0.25, 0.3) is 0 Å². The van der Waals surface area contributed by atoms with Crippen LogP contribution in [-0.2, 0) is 4.79 Å². The van der Waals surface area contributed by atoms with E-state index in [1.165, 1.54) is 0 Å². The molecule has 0 saturated heterocycles. The number of carbonyl (C=O) groups excluding carboxylic acids is 1. The van der Waals surface area contributed by atoms with Gasteiger partial charge in [0.05, 0.1) is 0 Å². The second kappa shape index (κ2) is 3.56. The van der Waals surface area contributed by atoms with Gasteiger partial charge in [-0.15, -0.1) is 0 Å². The summed E-state index contributed by atoms with van der Waals surface area (Å²) in [5.74, 6) is 0.708. The molecule has 12 heavy (non-hydrogen) atoms. The molecule has 0 amide bonds. The summed E-state index contributed by atoms with van der Waals surface area (Å²) in [6, 6.07) is 0. The van der Waals surface area contributed by atoms with Gasteiger partial charge in [0.15, 0.2) is 5.78 Å². The monoisotopic (exact) mass is 170 g/mol. The highest BCUT2D eigenvalue weighted by Gasteiger charge is 2.35. The van der Waals surface area contributed by atoms with E-state index < -0.39 is 6.10 Å². The zero-order valence-corrected chi connectivity index (χ0v) is 8.08. The Morgan fingerprint density at radius 1 is 1.42 bits per heavy atom. The summed E-state index contributed by atoms with van der Waals surface area (Å²) in [6.45, 7) is 6.04. The first-order valence-electron chi connectivity index (χ1n) is 4.75. The molecule has 0 aromatic rings. The van der Waals surface area contributed by atoms with E-state index >= 15 is 0 Å². The van der Waals surface area contributed by atoms with Crippen molar-refractivity contribution >= 4 is 5.78 Å². The highest BCUT2D eigenvalue weighted by molar-refractivity contribution is 5.85. The lowest BCUT2D eigenvalue weighted by molar-refractivity contribution is -0.138. The third-order valence-corrected chi connectivity index (χ3v) is 2.97. The molecule has 0 heterocycles. The van der Waals surface area contributed by atoms with Crippen LogP contribution in [0.4, 0.5) is 0 Å². The molecule has 1 unspecified atom stereocenters. The second-order valence-corrected chi connectivity index (χ2v) is 4.23. The molecule has 1 N–H and O–H groups in total. The van der Waals surface area contributed by atoms with Gasteiger partial charge in [-0.1, -0.05) is 20.8 Å². The lowest BCUT2D eigenvalue weighted by atomic mass is 9.75. The van der Waals surface area contributed by atoms with Gasteiger partial charge >= 0.3 is 0 Å². The molecule has 3 atom stereocenters. The van der Waals surface area contributed by atoms with E-state index in [2.05, 4.69) is 13.8 Å². The average molecular weight is 170 g/mol. The van der Waals surface area contributed by atoms with Crippen molar-refractivity contribution < 1.29 is 9.90 Å². The zero-order valence-electron chi connectivity index (χ0n) is 8.08. The van der Waals surface area contributed by atoms with E-state index in [1.807, 2.05) is 6.92 Å². The predicted octanol–water partition coefficient (Wildman–Crippen LogP) is 1.62. The van der Waals surface area contributed by atoms with E-state index in [-0.39, 0.29) is 17.6 Å². The summed E-state index contributed by atoms with van der Waals surface area (Å²) in [5, 5.41) is 9.63. The molecule has 0 aromatic heterocycles. The summed E-state index contributed by atoms with van der Waals surface area (Å²) in [7, 11) is 0. The van der Waals surface area contributed by atoms with E-state index in [9.17, 15) is 9.90 Å². The van der Waals surface area contributed by atoms with Crippen molar-refractivity contribution in [2.24, 2.45) is 17.8 Å². The van der Waals surface area contributed by atoms with Crippen LogP contribution in [0.1, 0.15) is 33.6 Å². The summed E-state index contributed by atoms with van der Waals surface area (Å²) >= 11 is 0. The normalized spacial score (nSPS) is 37.4. The van der Waals surface area contributed by atoms with Crippen molar-refractivity contribution in [1.29, 1.82) is 0 Å². The quantitative estimate of drug-likeness (QED) is 0.649. The highest BCUT2D eigenvalue weighted by Crippen LogP contribution is 2.30. The Hall–Kier alpha value is -0.370. The molecular weight excluding hydrogens is 152 g/mol. The van der Waals surface area contributed by atoms with Crippen LogP contribution in [0, 0.1) is 17.8 Å². The fraction of sp³-hybridized carbons (Fsp3) is 0.900. The molecule has 1 aliphatic rings. The number of hydrogen-bond donors (Lipinski definition) is 1. The maximum absolute atomic E-state index is 11.4. The number of aliphatic hydroxyl groups is 1. The number of hydrogen-bond acceptors (Lipinski definition) is 2. The van der Waals surface area contributed by atoms with Crippen LogP contribution < -0.4 is 0 Å². The first-order valence-corrected chi connectivity index (χ1v) is 4.75. The molecule has 0 bridgehead atoms. The van der Waals surface area contributed by atoms with E-state index in [0.29, 0.717) is 5.92 Å². The third-order valence-electron chi connectivity index (χ3n) is 2.97. The van der Waals surface area contributed by atoms with Crippen molar-refractivity contribution in [3.05, 3.63) is 0 Å². The summed E-state index contributed by atoms with van der Waals surface area (Å²) < 4.78 is 0. The topological polar surface area (TPSA) is 37.3 Å². The molecule has 1 saturated carbocycles. The largest absolute Gasteiger partial charge is 0.385 e. The molecule has 1 rings (SSSR count). The maximum atomic E-state index is 11.4. The summed E-state index contributed by atoms with van der Waals surface area (Å²) in [6.07, 6.45) is 1.23. The Bertz CT molecular complexity index is 175. The van der Waals surface area contributed by atoms with Crippen molar-refractivity contribution in [1.82, 2.24) is 0 Å². The highest BCUT2D eigenvalue weighted by atomic mass is 16.3. The van der Waals surface area contributed by atoms with Crippen molar-refractivity contribution in [2.45, 2.75) is 39.7 Å².